The van der Waals surface area contributed by atoms with Gasteiger partial charge in [0.05, 0.1) is 18.1 Å². The van der Waals surface area contributed by atoms with Crippen molar-refractivity contribution in [2.45, 2.75) is 24.8 Å². The van der Waals surface area contributed by atoms with Gasteiger partial charge < -0.3 is 19.4 Å². The van der Waals surface area contributed by atoms with Gasteiger partial charge in [-0.3, -0.25) is 9.59 Å². The highest BCUT2D eigenvalue weighted by Gasteiger charge is 2.28. The summed E-state index contributed by atoms with van der Waals surface area (Å²) in [6, 6.07) is 12.6. The van der Waals surface area contributed by atoms with Crippen molar-refractivity contribution in [2.75, 3.05) is 38.7 Å². The van der Waals surface area contributed by atoms with E-state index in [-0.39, 0.29) is 33.9 Å². The van der Waals surface area contributed by atoms with Gasteiger partial charge >= 0.3 is 0 Å². The summed E-state index contributed by atoms with van der Waals surface area (Å²) in [6.45, 7) is 5.24. The van der Waals surface area contributed by atoms with Crippen LogP contribution in [0.25, 0.3) is 11.0 Å². The lowest BCUT2D eigenvalue weighted by molar-refractivity contribution is 0.0285. The Labute approximate surface area is 198 Å². The largest absolute Gasteiger partial charge is 0.449 e. The minimum Gasteiger partial charge on any atom is -0.449 e. The summed E-state index contributed by atoms with van der Waals surface area (Å²) < 4.78 is 38.2. The maximum absolute atomic E-state index is 13.2. The summed E-state index contributed by atoms with van der Waals surface area (Å²) >= 11 is 0. The zero-order valence-corrected chi connectivity index (χ0v) is 20.1. The highest BCUT2D eigenvalue weighted by molar-refractivity contribution is 7.89. The van der Waals surface area contributed by atoms with E-state index in [1.165, 1.54) is 35.6 Å². The van der Waals surface area contributed by atoms with Gasteiger partial charge in [-0.2, -0.15) is 4.31 Å². The van der Waals surface area contributed by atoms with Crippen LogP contribution in [-0.4, -0.2) is 68.8 Å². The average Bonchev–Trinajstić information content (AvgIpc) is 3.21. The number of nitrogens with zero attached hydrogens (tertiary/aromatic N) is 2. The zero-order valence-electron chi connectivity index (χ0n) is 19.3. The van der Waals surface area contributed by atoms with Crippen molar-refractivity contribution in [2.24, 2.45) is 0 Å². The van der Waals surface area contributed by atoms with Crippen molar-refractivity contribution in [1.82, 2.24) is 9.21 Å². The van der Waals surface area contributed by atoms with Crippen LogP contribution >= 0.6 is 0 Å². The molecule has 9 nitrogen and oxygen atoms in total. The first-order valence-corrected chi connectivity index (χ1v) is 12.4. The van der Waals surface area contributed by atoms with E-state index in [0.717, 1.165) is 0 Å². The fourth-order valence-electron chi connectivity index (χ4n) is 3.66. The van der Waals surface area contributed by atoms with Gasteiger partial charge in [0, 0.05) is 37.1 Å². The maximum Gasteiger partial charge on any atom is 0.291 e. The van der Waals surface area contributed by atoms with Gasteiger partial charge in [0.2, 0.25) is 15.8 Å². The SMILES string of the molecule is CC(C)N(C)S(=O)(=O)c1cccc(C(=O)Nc2c(C(=O)N3CCOCC3)oc3ccccc23)c1. The predicted molar refractivity (Wildman–Crippen MR) is 127 cm³/mol. The molecule has 2 heterocycles. The van der Waals surface area contributed by atoms with Crippen LogP contribution in [0.2, 0.25) is 0 Å². The molecule has 34 heavy (non-hydrogen) atoms. The first-order chi connectivity index (χ1) is 16.2. The van der Waals surface area contributed by atoms with Gasteiger partial charge in [-0.15, -0.1) is 0 Å². The van der Waals surface area contributed by atoms with Crippen LogP contribution in [0, 0.1) is 0 Å². The molecule has 180 valence electrons. The second-order valence-corrected chi connectivity index (χ2v) is 10.3. The van der Waals surface area contributed by atoms with E-state index in [2.05, 4.69) is 5.32 Å². The summed E-state index contributed by atoms with van der Waals surface area (Å²) in [6.07, 6.45) is 0. The summed E-state index contributed by atoms with van der Waals surface area (Å²) in [5, 5.41) is 3.36. The molecule has 1 aliphatic rings. The molecule has 0 spiro atoms. The van der Waals surface area contributed by atoms with E-state index in [0.29, 0.717) is 37.3 Å². The number of hydrogen-bond acceptors (Lipinski definition) is 6. The Hall–Kier alpha value is -3.21. The average molecular weight is 486 g/mol. The van der Waals surface area contributed by atoms with Gasteiger partial charge in [-0.1, -0.05) is 18.2 Å². The standard InChI is InChI=1S/C24H27N3O6S/c1-16(2)26(3)34(30,31)18-8-6-7-17(15-18)23(28)25-21-19-9-4-5-10-20(19)33-22(21)24(29)27-11-13-32-14-12-27/h4-10,15-16H,11-14H2,1-3H3,(H,25,28). The fourth-order valence-corrected chi connectivity index (χ4v) is 5.07. The third-order valence-electron chi connectivity index (χ3n) is 5.83. The molecule has 0 radical (unpaired) electrons. The number of benzene rings is 2. The van der Waals surface area contributed by atoms with Crippen LogP contribution in [0.5, 0.6) is 0 Å². The summed E-state index contributed by atoms with van der Waals surface area (Å²) in [4.78, 5) is 28.0. The Balaban J connectivity index is 1.68. The molecule has 1 aliphatic heterocycles. The van der Waals surface area contributed by atoms with Gasteiger partial charge in [0.15, 0.2) is 0 Å². The topological polar surface area (TPSA) is 109 Å². The highest BCUT2D eigenvalue weighted by Crippen LogP contribution is 2.32. The molecule has 1 fully saturated rings. The number of nitrogens with one attached hydrogen (secondary N) is 1. The van der Waals surface area contributed by atoms with E-state index in [1.54, 1.807) is 43.0 Å². The number of fused-ring (bicyclic) bond motifs is 1. The monoisotopic (exact) mass is 485 g/mol. The van der Waals surface area contributed by atoms with E-state index >= 15 is 0 Å². The lowest BCUT2D eigenvalue weighted by Gasteiger charge is -2.26. The number of hydrogen-bond donors (Lipinski definition) is 1. The number of anilines is 1. The second kappa shape index (κ2) is 9.57. The molecule has 0 aliphatic carbocycles. The smallest absolute Gasteiger partial charge is 0.291 e. The highest BCUT2D eigenvalue weighted by atomic mass is 32.2. The Bertz CT molecular complexity index is 1330. The Morgan fingerprint density at radius 2 is 1.76 bits per heavy atom. The van der Waals surface area contributed by atoms with Crippen LogP contribution in [0.3, 0.4) is 0 Å². The Morgan fingerprint density at radius 1 is 1.06 bits per heavy atom. The van der Waals surface area contributed by atoms with E-state index in [1.807, 2.05) is 0 Å². The van der Waals surface area contributed by atoms with E-state index in [4.69, 9.17) is 9.15 Å². The van der Waals surface area contributed by atoms with Crippen LogP contribution in [0.4, 0.5) is 5.69 Å². The number of carbonyl (C=O) groups is 2. The normalized spacial score (nSPS) is 14.7. The Morgan fingerprint density at radius 3 is 2.47 bits per heavy atom. The maximum atomic E-state index is 13.2. The molecule has 0 bridgehead atoms. The van der Waals surface area contributed by atoms with E-state index < -0.39 is 15.9 Å². The van der Waals surface area contributed by atoms with Crippen molar-refractivity contribution < 1.29 is 27.2 Å². The molecule has 0 saturated carbocycles. The second-order valence-electron chi connectivity index (χ2n) is 8.30. The Kier molecular flexibility index (Phi) is 6.74. The molecule has 2 aromatic carbocycles. The number of sulfonamides is 1. The fraction of sp³-hybridized carbons (Fsp3) is 0.333. The molecular weight excluding hydrogens is 458 g/mol. The summed E-state index contributed by atoms with van der Waals surface area (Å²) in [7, 11) is -2.27. The minimum absolute atomic E-state index is 0.0121. The van der Waals surface area contributed by atoms with Crippen molar-refractivity contribution in [3.8, 4) is 0 Å². The molecule has 2 amide bonds. The van der Waals surface area contributed by atoms with Gasteiger partial charge in [0.1, 0.15) is 11.3 Å². The van der Waals surface area contributed by atoms with Crippen molar-refractivity contribution in [3.05, 3.63) is 59.9 Å². The lowest BCUT2D eigenvalue weighted by atomic mass is 10.1. The third kappa shape index (κ3) is 4.56. The molecule has 4 rings (SSSR count). The number of morpholine rings is 1. The first kappa shape index (κ1) is 23.9. The van der Waals surface area contributed by atoms with E-state index in [9.17, 15) is 18.0 Å². The first-order valence-electron chi connectivity index (χ1n) is 11.0. The van der Waals surface area contributed by atoms with Gasteiger partial charge in [-0.05, 0) is 44.2 Å². The zero-order chi connectivity index (χ0) is 24.5. The quantitative estimate of drug-likeness (QED) is 0.574. The van der Waals surface area contributed by atoms with Gasteiger partial charge in [0.25, 0.3) is 11.8 Å². The molecule has 1 aromatic heterocycles. The van der Waals surface area contributed by atoms with Crippen LogP contribution in [0.1, 0.15) is 34.8 Å². The predicted octanol–water partition coefficient (Wildman–Crippen LogP) is 3.19. The molecule has 1 saturated heterocycles. The molecule has 3 aromatic rings. The van der Waals surface area contributed by atoms with Crippen molar-refractivity contribution in [3.63, 3.8) is 0 Å². The molecule has 0 unspecified atom stereocenters. The summed E-state index contributed by atoms with van der Waals surface area (Å²) in [5.74, 6) is -0.865. The molecule has 1 N–H and O–H groups in total. The number of rotatable bonds is 6. The van der Waals surface area contributed by atoms with Crippen molar-refractivity contribution in [1.29, 1.82) is 0 Å². The number of para-hydroxylation sites is 1. The number of amides is 2. The van der Waals surface area contributed by atoms with Gasteiger partial charge in [-0.25, -0.2) is 8.42 Å². The summed E-state index contributed by atoms with van der Waals surface area (Å²) in [5.41, 5.74) is 0.863. The van der Waals surface area contributed by atoms with Crippen molar-refractivity contribution >= 4 is 38.5 Å². The molecule has 0 atom stereocenters. The molecular formula is C24H27N3O6S. The third-order valence-corrected chi connectivity index (χ3v) is 7.86. The van der Waals surface area contributed by atoms with Crippen LogP contribution in [-0.2, 0) is 14.8 Å². The number of ether oxygens (including phenoxy) is 1. The minimum atomic E-state index is -3.76. The molecule has 10 heteroatoms. The lowest BCUT2D eigenvalue weighted by Crippen LogP contribution is -2.40. The number of carbonyl (C=O) groups excluding carboxylic acids is 2. The number of furan rings is 1. The van der Waals surface area contributed by atoms with Crippen LogP contribution < -0.4 is 5.32 Å². The van der Waals surface area contributed by atoms with Crippen LogP contribution in [0.15, 0.2) is 57.8 Å².